The molecule has 250 valence electrons. The van der Waals surface area contributed by atoms with E-state index in [4.69, 9.17) is 4.74 Å². The molecule has 0 spiro atoms. The lowest BCUT2D eigenvalue weighted by Crippen LogP contribution is -2.65. The van der Waals surface area contributed by atoms with Crippen molar-refractivity contribution in [3.63, 3.8) is 0 Å². The number of aromatic amines is 1. The van der Waals surface area contributed by atoms with E-state index in [1.54, 1.807) is 5.57 Å². The third kappa shape index (κ3) is 4.22. The predicted molar refractivity (Wildman–Crippen MR) is 188 cm³/mol. The summed E-state index contributed by atoms with van der Waals surface area (Å²) >= 11 is 3.77. The van der Waals surface area contributed by atoms with Gasteiger partial charge in [-0.1, -0.05) is 76.0 Å². The highest BCUT2D eigenvalue weighted by atomic mass is 79.9. The molecule has 6 heteroatoms. The van der Waals surface area contributed by atoms with Crippen molar-refractivity contribution in [1.82, 2.24) is 10.3 Å². The van der Waals surface area contributed by atoms with Crippen molar-refractivity contribution in [2.24, 2.45) is 51.2 Å². The number of carbonyl (C=O) groups excluding carboxylic acids is 2. The molecule has 2 N–H and O–H groups in total. The Kier molecular flexibility index (Phi) is 7.56. The highest BCUT2D eigenvalue weighted by molar-refractivity contribution is 9.10. The van der Waals surface area contributed by atoms with Gasteiger partial charge in [-0.25, -0.2) is 0 Å². The second kappa shape index (κ2) is 10.7. The number of hydrogen-bond acceptors (Lipinski definition) is 3. The average molecular weight is 692 g/mol. The number of halogens is 1. The second-order valence-electron chi connectivity index (χ2n) is 17.4. The third-order valence-electron chi connectivity index (χ3n) is 15.3. The van der Waals surface area contributed by atoms with Gasteiger partial charge in [0.15, 0.2) is 0 Å². The summed E-state index contributed by atoms with van der Waals surface area (Å²) in [6.07, 6.45) is 11.2. The lowest BCUT2D eigenvalue weighted by Gasteiger charge is -2.71. The first-order valence-electron chi connectivity index (χ1n) is 18.1. The van der Waals surface area contributed by atoms with Crippen molar-refractivity contribution in [3.05, 3.63) is 45.6 Å². The van der Waals surface area contributed by atoms with E-state index in [-0.39, 0.29) is 46.0 Å². The Morgan fingerprint density at radius 2 is 1.78 bits per heavy atom. The molecule has 5 aliphatic rings. The van der Waals surface area contributed by atoms with Crippen molar-refractivity contribution in [3.8, 4) is 0 Å². The molecule has 1 amide bonds. The zero-order chi connectivity index (χ0) is 33.0. The number of carbonyl (C=O) groups is 2. The number of aromatic nitrogens is 1. The molecule has 1 heterocycles. The maximum absolute atomic E-state index is 14.2. The van der Waals surface area contributed by atoms with Gasteiger partial charge in [0.05, 0.1) is 12.0 Å². The first kappa shape index (κ1) is 32.5. The van der Waals surface area contributed by atoms with Crippen LogP contribution < -0.4 is 5.32 Å². The zero-order valence-corrected chi connectivity index (χ0v) is 31.0. The summed E-state index contributed by atoms with van der Waals surface area (Å²) in [4.78, 5) is 30.4. The predicted octanol–water partition coefficient (Wildman–Crippen LogP) is 9.28. The molecule has 1 aromatic carbocycles. The molecule has 9 atom stereocenters. The normalized spacial score (nSPS) is 40.8. The van der Waals surface area contributed by atoms with Crippen molar-refractivity contribution < 1.29 is 14.3 Å². The Morgan fingerprint density at radius 3 is 2.52 bits per heavy atom. The lowest BCUT2D eigenvalue weighted by atomic mass is 9.33. The van der Waals surface area contributed by atoms with Crippen LogP contribution in [0.25, 0.3) is 10.9 Å². The van der Waals surface area contributed by atoms with Crippen molar-refractivity contribution >= 4 is 38.7 Å². The van der Waals surface area contributed by atoms with Crippen LogP contribution >= 0.6 is 15.9 Å². The fraction of sp³-hybridized carbons (Fsp3) is 0.700. The number of nitrogens with one attached hydrogen (secondary N) is 2. The van der Waals surface area contributed by atoms with Crippen molar-refractivity contribution in [1.29, 1.82) is 0 Å². The van der Waals surface area contributed by atoms with Crippen LogP contribution in [0.1, 0.15) is 112 Å². The SMILES string of the molecule is CCOC(=O)CNC(=O)[C@]12CC[C@@H](C)[C@H](C)[C@H]1C1=CC[C@@H]3[C@@]4(C)Cc5c([nH]c6ccc(Br)cc56)C(C)(C)[C@@H]4CC[C@@]3(C)[C@]1(C)CC2. The topological polar surface area (TPSA) is 71.2 Å². The van der Waals surface area contributed by atoms with Crippen molar-refractivity contribution in [2.45, 2.75) is 112 Å². The van der Waals surface area contributed by atoms with Gasteiger partial charge in [0.1, 0.15) is 6.54 Å². The Hall–Kier alpha value is -2.08. The molecule has 7 rings (SSSR count). The van der Waals surface area contributed by atoms with E-state index in [2.05, 4.69) is 99.0 Å². The fourth-order valence-electron chi connectivity index (χ4n) is 12.7. The monoisotopic (exact) mass is 690 g/mol. The Morgan fingerprint density at radius 1 is 1.02 bits per heavy atom. The summed E-state index contributed by atoms with van der Waals surface area (Å²) < 4.78 is 6.31. The van der Waals surface area contributed by atoms with Crippen molar-refractivity contribution in [2.75, 3.05) is 13.2 Å². The standard InChI is InChI=1S/C40H55BrN2O3/c1-9-46-32(44)22-42-35(45)40-17-14-23(2)24(3)33(40)28-11-13-31-37(6)21-27-26-20-25(41)10-12-29(26)43-34(27)36(4,5)30(37)15-16-39(31,8)38(28,7)18-19-40/h10-12,20,23-24,30-31,33,43H,9,13-19,21-22H2,1-8H3,(H,42,45)/t23-,24+,30+,31-,33+,37+,38-,39-,40+/m1/s1. The van der Waals surface area contributed by atoms with Crippen LogP contribution in [0.2, 0.25) is 0 Å². The van der Waals surface area contributed by atoms with E-state index >= 15 is 0 Å². The number of H-pyrrole nitrogens is 1. The molecular weight excluding hydrogens is 636 g/mol. The number of allylic oxidation sites excluding steroid dienone is 2. The molecule has 5 nitrogen and oxygen atoms in total. The molecule has 3 fully saturated rings. The molecule has 0 aliphatic heterocycles. The summed E-state index contributed by atoms with van der Waals surface area (Å²) in [6.45, 7) is 19.8. The lowest BCUT2D eigenvalue weighted by molar-refractivity contribution is -0.170. The zero-order valence-electron chi connectivity index (χ0n) is 29.4. The van der Waals surface area contributed by atoms with E-state index in [1.807, 2.05) is 6.92 Å². The maximum Gasteiger partial charge on any atom is 0.325 e. The number of esters is 1. The molecule has 0 saturated heterocycles. The minimum absolute atomic E-state index is 0.0386. The van der Waals surface area contributed by atoms with E-state index in [0.717, 1.165) is 43.0 Å². The van der Waals surface area contributed by atoms with Crippen LogP contribution in [0, 0.1) is 51.2 Å². The second-order valence-corrected chi connectivity index (χ2v) is 18.3. The van der Waals surface area contributed by atoms with Gasteiger partial charge < -0.3 is 15.0 Å². The third-order valence-corrected chi connectivity index (χ3v) is 15.8. The van der Waals surface area contributed by atoms with Gasteiger partial charge in [-0.15, -0.1) is 0 Å². The Bertz CT molecular complexity index is 1620. The smallest absolute Gasteiger partial charge is 0.325 e. The number of benzene rings is 1. The van der Waals surface area contributed by atoms with Crippen LogP contribution in [0.4, 0.5) is 0 Å². The van der Waals surface area contributed by atoms with E-state index in [1.165, 1.54) is 35.0 Å². The quantitative estimate of drug-likeness (QED) is 0.248. The number of ether oxygens (including phenoxy) is 1. The highest BCUT2D eigenvalue weighted by Crippen LogP contribution is 2.75. The number of hydrogen-bond donors (Lipinski definition) is 2. The molecule has 0 unspecified atom stereocenters. The number of fused-ring (bicyclic) bond motifs is 10. The van der Waals surface area contributed by atoms with Gasteiger partial charge >= 0.3 is 5.97 Å². The van der Waals surface area contributed by atoms with Gasteiger partial charge in [0.25, 0.3) is 0 Å². The van der Waals surface area contributed by atoms with Gasteiger partial charge in [-0.05, 0) is 128 Å². The average Bonchev–Trinajstić information content (AvgIpc) is 3.36. The summed E-state index contributed by atoms with van der Waals surface area (Å²) in [6, 6.07) is 6.72. The summed E-state index contributed by atoms with van der Waals surface area (Å²) in [5.74, 6) is 2.09. The Balaban J connectivity index is 1.30. The molecule has 2 aromatic rings. The summed E-state index contributed by atoms with van der Waals surface area (Å²) in [5.41, 5.74) is 5.77. The van der Waals surface area contributed by atoms with Gasteiger partial charge in [0, 0.05) is 26.5 Å². The molecular formula is C40H55BrN2O3. The molecule has 0 bridgehead atoms. The van der Waals surface area contributed by atoms with Gasteiger partial charge in [0.2, 0.25) is 5.91 Å². The summed E-state index contributed by atoms with van der Waals surface area (Å²) in [7, 11) is 0. The van der Waals surface area contributed by atoms with Crippen LogP contribution in [0.5, 0.6) is 0 Å². The molecule has 3 saturated carbocycles. The molecule has 46 heavy (non-hydrogen) atoms. The fourth-order valence-corrected chi connectivity index (χ4v) is 13.1. The Labute approximate surface area is 284 Å². The molecule has 0 radical (unpaired) electrons. The van der Waals surface area contributed by atoms with E-state index in [9.17, 15) is 9.59 Å². The minimum Gasteiger partial charge on any atom is -0.465 e. The van der Waals surface area contributed by atoms with E-state index in [0.29, 0.717) is 30.3 Å². The number of amides is 1. The summed E-state index contributed by atoms with van der Waals surface area (Å²) in [5, 5.41) is 4.45. The van der Waals surface area contributed by atoms with Crippen LogP contribution in [-0.4, -0.2) is 30.0 Å². The largest absolute Gasteiger partial charge is 0.465 e. The number of rotatable bonds is 4. The van der Waals surface area contributed by atoms with Crippen LogP contribution in [0.3, 0.4) is 0 Å². The maximum atomic E-state index is 14.2. The van der Waals surface area contributed by atoms with Crippen LogP contribution in [-0.2, 0) is 26.2 Å². The highest BCUT2D eigenvalue weighted by Gasteiger charge is 2.69. The first-order valence-corrected chi connectivity index (χ1v) is 18.9. The molecule has 5 aliphatic carbocycles. The van der Waals surface area contributed by atoms with Gasteiger partial charge in [-0.3, -0.25) is 9.59 Å². The minimum atomic E-state index is -0.451. The molecule has 1 aromatic heterocycles. The first-order chi connectivity index (χ1) is 21.6. The van der Waals surface area contributed by atoms with E-state index < -0.39 is 5.41 Å². The van der Waals surface area contributed by atoms with Crippen LogP contribution in [0.15, 0.2) is 34.3 Å². The van der Waals surface area contributed by atoms with Gasteiger partial charge in [-0.2, -0.15) is 0 Å².